The van der Waals surface area contributed by atoms with Gasteiger partial charge in [0.1, 0.15) is 0 Å². The summed E-state index contributed by atoms with van der Waals surface area (Å²) in [6.07, 6.45) is 8.06. The molecule has 0 fully saturated rings. The fourth-order valence-corrected chi connectivity index (χ4v) is 4.25. The molecule has 0 nitrogen and oxygen atoms in total. The first-order chi connectivity index (χ1) is 9.31. The van der Waals surface area contributed by atoms with Crippen LogP contribution in [0.25, 0.3) is 0 Å². The van der Waals surface area contributed by atoms with Crippen LogP contribution in [0, 0.1) is 10.8 Å². The van der Waals surface area contributed by atoms with Crippen LogP contribution in [0.2, 0.25) is 0 Å². The summed E-state index contributed by atoms with van der Waals surface area (Å²) in [6.45, 7) is 12.0. The summed E-state index contributed by atoms with van der Waals surface area (Å²) in [5.74, 6) is 0. The highest BCUT2D eigenvalue weighted by molar-refractivity contribution is 7.79. The van der Waals surface area contributed by atoms with Gasteiger partial charge in [0.25, 0.3) is 0 Å². The Kier molecular flexibility index (Phi) is 4.31. The van der Waals surface area contributed by atoms with Crippen LogP contribution in [0.15, 0.2) is 6.07 Å². The van der Waals surface area contributed by atoms with E-state index in [9.17, 15) is 0 Å². The molecule has 112 valence electrons. The van der Waals surface area contributed by atoms with Crippen LogP contribution in [0.5, 0.6) is 0 Å². The fraction of sp³-hybridized carbons (Fsp3) is 0.684. The topological polar surface area (TPSA) is 0 Å². The molecule has 2 aliphatic rings. The van der Waals surface area contributed by atoms with Gasteiger partial charge in [0.15, 0.2) is 0 Å². The predicted octanol–water partition coefficient (Wildman–Crippen LogP) is 5.04. The standard InChI is InChI=1S/C18H26.CH4S/c1-6-14-15-10-17(2,3)8-12(15)7-13-9-18(4,5)11-16(13)14;1-2/h7H,6,8-11H2,1-5H3;2H,1H3. The summed E-state index contributed by atoms with van der Waals surface area (Å²) < 4.78 is 0. The molecule has 20 heavy (non-hydrogen) atoms. The number of hydrogen-bond donors (Lipinski definition) is 1. The summed E-state index contributed by atoms with van der Waals surface area (Å²) in [5.41, 5.74) is 9.41. The molecule has 0 amide bonds. The zero-order valence-corrected chi connectivity index (χ0v) is 15.0. The maximum Gasteiger partial charge on any atom is -0.0215 e. The Morgan fingerprint density at radius 3 is 1.60 bits per heavy atom. The van der Waals surface area contributed by atoms with E-state index in [1.165, 1.54) is 32.1 Å². The highest BCUT2D eigenvalue weighted by Gasteiger charge is 2.36. The lowest BCUT2D eigenvalue weighted by atomic mass is 9.87. The molecule has 0 radical (unpaired) electrons. The SMILES string of the molecule is CCc1c2c(cc3c1CC(C)(C)C3)CC(C)(C)C2.CS. The van der Waals surface area contributed by atoms with Gasteiger partial charge in [0, 0.05) is 0 Å². The highest BCUT2D eigenvalue weighted by atomic mass is 32.1. The lowest BCUT2D eigenvalue weighted by Crippen LogP contribution is -2.11. The van der Waals surface area contributed by atoms with Crippen LogP contribution in [-0.2, 0) is 32.1 Å². The Hall–Kier alpha value is -0.430. The first-order valence-corrected chi connectivity index (χ1v) is 8.81. The van der Waals surface area contributed by atoms with Crippen LogP contribution in [0.4, 0.5) is 0 Å². The van der Waals surface area contributed by atoms with Crippen molar-refractivity contribution in [1.82, 2.24) is 0 Å². The monoisotopic (exact) mass is 290 g/mol. The average molecular weight is 291 g/mol. The van der Waals surface area contributed by atoms with E-state index in [2.05, 4.69) is 53.3 Å². The van der Waals surface area contributed by atoms with E-state index in [1.807, 2.05) is 0 Å². The first kappa shape index (κ1) is 15.9. The average Bonchev–Trinajstić information content (AvgIpc) is 2.81. The second-order valence-corrected chi connectivity index (χ2v) is 8.02. The third-order valence-electron chi connectivity index (χ3n) is 4.85. The molecule has 0 unspecified atom stereocenters. The highest BCUT2D eigenvalue weighted by Crippen LogP contribution is 2.45. The fourth-order valence-electron chi connectivity index (χ4n) is 4.25. The molecule has 0 N–H and O–H groups in total. The Morgan fingerprint density at radius 1 is 0.850 bits per heavy atom. The van der Waals surface area contributed by atoms with E-state index in [1.54, 1.807) is 34.1 Å². The molecular formula is C19H30S. The zero-order valence-electron chi connectivity index (χ0n) is 14.1. The van der Waals surface area contributed by atoms with Gasteiger partial charge in [0.05, 0.1) is 0 Å². The number of hydrogen-bond acceptors (Lipinski definition) is 1. The van der Waals surface area contributed by atoms with Crippen molar-refractivity contribution in [1.29, 1.82) is 0 Å². The minimum Gasteiger partial charge on any atom is -0.183 e. The molecule has 0 aromatic heterocycles. The van der Waals surface area contributed by atoms with E-state index < -0.39 is 0 Å². The van der Waals surface area contributed by atoms with E-state index in [0.717, 1.165) is 0 Å². The van der Waals surface area contributed by atoms with Gasteiger partial charge in [-0.3, -0.25) is 0 Å². The van der Waals surface area contributed by atoms with Crippen LogP contribution >= 0.6 is 12.6 Å². The van der Waals surface area contributed by atoms with Gasteiger partial charge in [-0.05, 0) is 77.0 Å². The van der Waals surface area contributed by atoms with E-state index >= 15 is 0 Å². The summed E-state index contributed by atoms with van der Waals surface area (Å²) in [5, 5.41) is 0. The van der Waals surface area contributed by atoms with Crippen molar-refractivity contribution < 1.29 is 0 Å². The van der Waals surface area contributed by atoms with Gasteiger partial charge in [0.2, 0.25) is 0 Å². The molecule has 3 rings (SSSR count). The van der Waals surface area contributed by atoms with Crippen LogP contribution in [0.3, 0.4) is 0 Å². The summed E-state index contributed by atoms with van der Waals surface area (Å²) in [4.78, 5) is 0. The minimum absolute atomic E-state index is 0.483. The van der Waals surface area contributed by atoms with E-state index in [-0.39, 0.29) is 0 Å². The molecule has 2 aliphatic carbocycles. The van der Waals surface area contributed by atoms with E-state index in [4.69, 9.17) is 0 Å². The zero-order chi connectivity index (χ0) is 15.1. The molecular weight excluding hydrogens is 260 g/mol. The van der Waals surface area contributed by atoms with Gasteiger partial charge in [-0.15, -0.1) is 0 Å². The summed E-state index contributed by atoms with van der Waals surface area (Å²) in [6, 6.07) is 2.55. The van der Waals surface area contributed by atoms with Gasteiger partial charge in [-0.1, -0.05) is 40.7 Å². The molecule has 0 heterocycles. The molecule has 0 saturated heterocycles. The van der Waals surface area contributed by atoms with Crippen molar-refractivity contribution in [2.45, 2.75) is 66.7 Å². The molecule has 0 spiro atoms. The van der Waals surface area contributed by atoms with Crippen molar-refractivity contribution in [2.75, 3.05) is 6.26 Å². The Balaban J connectivity index is 0.000000704. The maximum atomic E-state index is 3.53. The molecule has 1 aromatic rings. The third-order valence-corrected chi connectivity index (χ3v) is 4.85. The van der Waals surface area contributed by atoms with Crippen molar-refractivity contribution in [3.05, 3.63) is 33.9 Å². The number of fused-ring (bicyclic) bond motifs is 2. The number of thiol groups is 1. The molecule has 0 saturated carbocycles. The van der Waals surface area contributed by atoms with Gasteiger partial charge in [-0.2, -0.15) is 12.6 Å². The molecule has 0 atom stereocenters. The molecule has 1 heteroatoms. The molecule has 1 aromatic carbocycles. The second kappa shape index (κ2) is 5.40. The minimum atomic E-state index is 0.483. The smallest absolute Gasteiger partial charge is 0.0215 e. The third kappa shape index (κ3) is 2.79. The maximum absolute atomic E-state index is 3.53. The van der Waals surface area contributed by atoms with Crippen molar-refractivity contribution in [3.63, 3.8) is 0 Å². The van der Waals surface area contributed by atoms with Crippen molar-refractivity contribution in [2.24, 2.45) is 10.8 Å². The normalized spacial score (nSPS) is 20.9. The Morgan fingerprint density at radius 2 is 1.25 bits per heavy atom. The van der Waals surface area contributed by atoms with E-state index in [0.29, 0.717) is 10.8 Å². The lowest BCUT2D eigenvalue weighted by molar-refractivity contribution is 0.387. The summed E-state index contributed by atoms with van der Waals surface area (Å²) in [7, 11) is 0. The van der Waals surface area contributed by atoms with Gasteiger partial charge < -0.3 is 0 Å². The summed E-state index contributed by atoms with van der Waals surface area (Å²) >= 11 is 3.53. The molecule has 0 bridgehead atoms. The second-order valence-electron chi connectivity index (χ2n) is 8.02. The van der Waals surface area contributed by atoms with Crippen LogP contribution in [-0.4, -0.2) is 6.26 Å². The predicted molar refractivity (Wildman–Crippen MR) is 93.1 cm³/mol. The van der Waals surface area contributed by atoms with Crippen molar-refractivity contribution >= 4 is 12.6 Å². The lowest BCUT2D eigenvalue weighted by Gasteiger charge is -2.17. The van der Waals surface area contributed by atoms with Gasteiger partial charge >= 0.3 is 0 Å². The van der Waals surface area contributed by atoms with Crippen LogP contribution in [0.1, 0.15) is 62.4 Å². The molecule has 0 aliphatic heterocycles. The Labute approximate surface area is 130 Å². The quantitative estimate of drug-likeness (QED) is 0.688. The van der Waals surface area contributed by atoms with Crippen LogP contribution < -0.4 is 0 Å². The number of benzene rings is 1. The first-order valence-electron chi connectivity index (χ1n) is 7.91. The number of rotatable bonds is 1. The Bertz CT molecular complexity index is 467. The van der Waals surface area contributed by atoms with Gasteiger partial charge in [-0.25, -0.2) is 0 Å². The van der Waals surface area contributed by atoms with Crippen molar-refractivity contribution in [3.8, 4) is 0 Å². The largest absolute Gasteiger partial charge is 0.183 e.